The zero-order valence-corrected chi connectivity index (χ0v) is 18.6. The highest BCUT2D eigenvalue weighted by molar-refractivity contribution is 5.82. The molecule has 4 aromatic rings. The second-order valence-electron chi connectivity index (χ2n) is 8.86. The summed E-state index contributed by atoms with van der Waals surface area (Å²) < 4.78 is 53.3. The second-order valence-corrected chi connectivity index (χ2v) is 8.86. The molecule has 1 heterocycles. The van der Waals surface area contributed by atoms with Crippen molar-refractivity contribution in [2.75, 3.05) is 6.54 Å². The van der Waals surface area contributed by atoms with E-state index in [2.05, 4.69) is 5.10 Å². The van der Waals surface area contributed by atoms with Crippen molar-refractivity contribution in [3.8, 4) is 5.69 Å². The molecule has 34 heavy (non-hydrogen) atoms. The minimum atomic E-state index is -4.94. The summed E-state index contributed by atoms with van der Waals surface area (Å²) in [4.78, 5) is 11.5. The molecule has 0 saturated heterocycles. The maximum Gasteiger partial charge on any atom is 0.471 e. The standard InChI is InChI=1S/C26H23F4N3O/c1-25(2,16-31-24(34)26(28,29)30)23(17-6-4-3-5-7-17)18-8-13-22-19(14-18)15-32-33(22)21-11-9-20(27)10-12-21/h3-15,23H,16H2,1-2H3,(H,31,34)/t23-/m0/s1. The van der Waals surface area contributed by atoms with Crippen molar-refractivity contribution in [2.24, 2.45) is 5.41 Å². The third-order valence-corrected chi connectivity index (χ3v) is 5.87. The van der Waals surface area contributed by atoms with Crippen LogP contribution in [0.4, 0.5) is 17.6 Å². The summed E-state index contributed by atoms with van der Waals surface area (Å²) in [5.41, 5.74) is 2.56. The molecule has 0 radical (unpaired) electrons. The number of nitrogens with zero attached hydrogens (tertiary/aromatic N) is 2. The van der Waals surface area contributed by atoms with E-state index < -0.39 is 17.5 Å². The molecule has 1 atom stereocenters. The van der Waals surface area contributed by atoms with Crippen LogP contribution < -0.4 is 5.32 Å². The van der Waals surface area contributed by atoms with Gasteiger partial charge in [0.2, 0.25) is 0 Å². The van der Waals surface area contributed by atoms with E-state index in [1.807, 2.05) is 67.7 Å². The monoisotopic (exact) mass is 469 g/mol. The smallest absolute Gasteiger partial charge is 0.348 e. The first-order valence-electron chi connectivity index (χ1n) is 10.7. The lowest BCUT2D eigenvalue weighted by Crippen LogP contribution is -2.43. The number of carbonyl (C=O) groups excluding carboxylic acids is 1. The maximum absolute atomic E-state index is 13.3. The molecule has 8 heteroatoms. The summed E-state index contributed by atoms with van der Waals surface area (Å²) in [6.07, 6.45) is -3.24. The molecule has 4 rings (SSSR count). The van der Waals surface area contributed by atoms with Gasteiger partial charge in [-0.1, -0.05) is 50.2 Å². The van der Waals surface area contributed by atoms with Crippen LogP contribution in [-0.4, -0.2) is 28.4 Å². The van der Waals surface area contributed by atoms with Gasteiger partial charge in [-0.25, -0.2) is 9.07 Å². The number of carbonyl (C=O) groups is 1. The van der Waals surface area contributed by atoms with Gasteiger partial charge in [0.25, 0.3) is 0 Å². The van der Waals surface area contributed by atoms with Crippen molar-refractivity contribution in [3.63, 3.8) is 0 Å². The largest absolute Gasteiger partial charge is 0.471 e. The van der Waals surface area contributed by atoms with Gasteiger partial charge in [-0.15, -0.1) is 0 Å². The van der Waals surface area contributed by atoms with Crippen molar-refractivity contribution in [3.05, 3.63) is 95.9 Å². The molecule has 0 aliphatic rings. The topological polar surface area (TPSA) is 46.9 Å². The van der Waals surface area contributed by atoms with Gasteiger partial charge in [-0.2, -0.15) is 18.3 Å². The molecule has 0 aliphatic carbocycles. The normalized spacial score (nSPS) is 13.1. The van der Waals surface area contributed by atoms with Crippen LogP contribution in [0.3, 0.4) is 0 Å². The fourth-order valence-electron chi connectivity index (χ4n) is 4.27. The molecule has 176 valence electrons. The highest BCUT2D eigenvalue weighted by Gasteiger charge is 2.40. The van der Waals surface area contributed by atoms with E-state index in [0.717, 1.165) is 22.0 Å². The molecular formula is C26H23F4N3O. The lowest BCUT2D eigenvalue weighted by atomic mass is 9.71. The summed E-state index contributed by atoms with van der Waals surface area (Å²) in [6.45, 7) is 3.48. The zero-order chi connectivity index (χ0) is 24.5. The van der Waals surface area contributed by atoms with E-state index in [-0.39, 0.29) is 18.3 Å². The molecular weight excluding hydrogens is 446 g/mol. The van der Waals surface area contributed by atoms with Crippen LogP contribution in [0.5, 0.6) is 0 Å². The molecule has 0 bridgehead atoms. The van der Waals surface area contributed by atoms with Crippen LogP contribution in [0.15, 0.2) is 79.0 Å². The SMILES string of the molecule is CC(C)(CNC(=O)C(F)(F)F)[C@@H](c1ccccc1)c1ccc2c(cnn2-c2ccc(F)cc2)c1. The van der Waals surface area contributed by atoms with Gasteiger partial charge in [-0.3, -0.25) is 4.79 Å². The van der Waals surface area contributed by atoms with Gasteiger partial charge in [0.1, 0.15) is 5.82 Å². The number of benzene rings is 3. The van der Waals surface area contributed by atoms with E-state index in [0.29, 0.717) is 5.69 Å². The van der Waals surface area contributed by atoms with Gasteiger partial charge in [0.15, 0.2) is 0 Å². The fraction of sp³-hybridized carbons (Fsp3) is 0.231. The lowest BCUT2D eigenvalue weighted by molar-refractivity contribution is -0.174. The van der Waals surface area contributed by atoms with Crippen LogP contribution in [0.1, 0.15) is 30.9 Å². The number of hydrogen-bond donors (Lipinski definition) is 1. The fourth-order valence-corrected chi connectivity index (χ4v) is 4.27. The summed E-state index contributed by atoms with van der Waals surface area (Å²) in [5, 5.41) is 7.30. The molecule has 0 spiro atoms. The van der Waals surface area contributed by atoms with Gasteiger partial charge in [-0.05, 0) is 52.9 Å². The molecule has 0 saturated carbocycles. The molecule has 3 aromatic carbocycles. The van der Waals surface area contributed by atoms with Crippen molar-refractivity contribution in [1.29, 1.82) is 0 Å². The molecule has 0 aliphatic heterocycles. The number of nitrogens with one attached hydrogen (secondary N) is 1. The minimum absolute atomic E-state index is 0.169. The lowest BCUT2D eigenvalue weighted by Gasteiger charge is -2.35. The quantitative estimate of drug-likeness (QED) is 0.352. The molecule has 1 amide bonds. The molecule has 4 nitrogen and oxygen atoms in total. The highest BCUT2D eigenvalue weighted by atomic mass is 19.4. The Morgan fingerprint density at radius 2 is 1.65 bits per heavy atom. The Labute approximate surface area is 194 Å². The number of hydrogen-bond acceptors (Lipinski definition) is 2. The number of aromatic nitrogens is 2. The van der Waals surface area contributed by atoms with E-state index in [9.17, 15) is 22.4 Å². The first kappa shape index (κ1) is 23.5. The van der Waals surface area contributed by atoms with Crippen LogP contribution in [0.25, 0.3) is 16.6 Å². The minimum Gasteiger partial charge on any atom is -0.348 e. The Kier molecular flexibility index (Phi) is 6.17. The van der Waals surface area contributed by atoms with Crippen molar-refractivity contribution in [2.45, 2.75) is 25.9 Å². The highest BCUT2D eigenvalue weighted by Crippen LogP contribution is 2.41. The first-order chi connectivity index (χ1) is 16.1. The van der Waals surface area contributed by atoms with Crippen molar-refractivity contribution >= 4 is 16.8 Å². The third-order valence-electron chi connectivity index (χ3n) is 5.87. The Hall–Kier alpha value is -3.68. The third kappa shape index (κ3) is 4.81. The number of amides is 1. The van der Waals surface area contributed by atoms with E-state index in [1.165, 1.54) is 12.1 Å². The van der Waals surface area contributed by atoms with Gasteiger partial charge >= 0.3 is 12.1 Å². The Morgan fingerprint density at radius 1 is 0.971 bits per heavy atom. The summed E-state index contributed by atoms with van der Waals surface area (Å²) in [5.74, 6) is -2.60. The Bertz CT molecular complexity index is 1300. The van der Waals surface area contributed by atoms with Crippen LogP contribution in [-0.2, 0) is 4.79 Å². The predicted octanol–water partition coefficient (Wildman–Crippen LogP) is 6.00. The zero-order valence-electron chi connectivity index (χ0n) is 18.6. The van der Waals surface area contributed by atoms with Crippen LogP contribution in [0, 0.1) is 11.2 Å². The molecule has 1 aromatic heterocycles. The Balaban J connectivity index is 1.72. The number of fused-ring (bicyclic) bond motifs is 1. The molecule has 0 fully saturated rings. The number of rotatable bonds is 6. The predicted molar refractivity (Wildman–Crippen MR) is 122 cm³/mol. The van der Waals surface area contributed by atoms with Crippen molar-refractivity contribution in [1.82, 2.24) is 15.1 Å². The average Bonchev–Trinajstić information content (AvgIpc) is 3.21. The summed E-state index contributed by atoms with van der Waals surface area (Å²) in [7, 11) is 0. The van der Waals surface area contributed by atoms with Gasteiger partial charge in [0, 0.05) is 17.8 Å². The molecule has 0 unspecified atom stereocenters. The van der Waals surface area contributed by atoms with Crippen LogP contribution in [0.2, 0.25) is 0 Å². The van der Waals surface area contributed by atoms with Crippen LogP contribution >= 0.6 is 0 Å². The van der Waals surface area contributed by atoms with Crippen molar-refractivity contribution < 1.29 is 22.4 Å². The van der Waals surface area contributed by atoms with E-state index in [1.54, 1.807) is 23.0 Å². The van der Waals surface area contributed by atoms with E-state index >= 15 is 0 Å². The van der Waals surface area contributed by atoms with Gasteiger partial charge in [0.05, 0.1) is 17.4 Å². The maximum atomic E-state index is 13.3. The van der Waals surface area contributed by atoms with Gasteiger partial charge < -0.3 is 5.32 Å². The van der Waals surface area contributed by atoms with E-state index in [4.69, 9.17) is 0 Å². The summed E-state index contributed by atoms with van der Waals surface area (Å²) in [6, 6.07) is 21.2. The first-order valence-corrected chi connectivity index (χ1v) is 10.7. The number of alkyl halides is 3. The molecule has 1 N–H and O–H groups in total. The summed E-state index contributed by atoms with van der Waals surface area (Å²) >= 11 is 0. The Morgan fingerprint density at radius 3 is 2.29 bits per heavy atom. The number of halogens is 4. The second kappa shape index (κ2) is 8.93. The average molecular weight is 469 g/mol.